The number of halogens is 1. The predicted molar refractivity (Wildman–Crippen MR) is 86.9 cm³/mol. The molecule has 0 unspecified atom stereocenters. The molecular weight excluding hydrogens is 284 g/mol. The van der Waals surface area contributed by atoms with E-state index in [1.54, 1.807) is 12.1 Å². The van der Waals surface area contributed by atoms with Gasteiger partial charge in [-0.1, -0.05) is 43.5 Å². The maximum atomic E-state index is 12.1. The van der Waals surface area contributed by atoms with Gasteiger partial charge in [0.05, 0.1) is 0 Å². The van der Waals surface area contributed by atoms with Crippen LogP contribution in [0.4, 0.5) is 5.69 Å². The van der Waals surface area contributed by atoms with E-state index < -0.39 is 0 Å². The first kappa shape index (κ1) is 15.5. The Hall–Kier alpha value is -1.87. The Morgan fingerprint density at radius 3 is 2.62 bits per heavy atom. The number of aryl methyl sites for hydroxylation is 1. The molecule has 110 valence electrons. The van der Waals surface area contributed by atoms with Crippen LogP contribution < -0.4 is 5.32 Å². The summed E-state index contributed by atoms with van der Waals surface area (Å²) in [5.74, 6) is -0.182. The maximum Gasteiger partial charge on any atom is 0.255 e. The van der Waals surface area contributed by atoms with Crippen LogP contribution in [0.5, 0.6) is 0 Å². The molecule has 0 radical (unpaired) electrons. The van der Waals surface area contributed by atoms with E-state index in [1.807, 2.05) is 12.1 Å². The van der Waals surface area contributed by atoms with Crippen molar-refractivity contribution in [1.29, 1.82) is 0 Å². The molecule has 1 amide bonds. The number of unbranched alkanes of at least 4 members (excludes halogenated alkanes) is 2. The zero-order valence-electron chi connectivity index (χ0n) is 12.1. The van der Waals surface area contributed by atoms with Gasteiger partial charge in [0, 0.05) is 17.4 Å². The zero-order valence-corrected chi connectivity index (χ0v) is 12.9. The molecule has 1 aromatic heterocycles. The molecule has 0 aliphatic carbocycles. The van der Waals surface area contributed by atoms with Crippen LogP contribution in [0.15, 0.2) is 42.6 Å². The number of aromatic nitrogens is 1. The normalized spacial score (nSPS) is 10.4. The lowest BCUT2D eigenvalue weighted by molar-refractivity contribution is 0.102. The Kier molecular flexibility index (Phi) is 5.76. The Bertz CT molecular complexity index is 596. The van der Waals surface area contributed by atoms with E-state index >= 15 is 0 Å². The topological polar surface area (TPSA) is 42.0 Å². The fourth-order valence-corrected chi connectivity index (χ4v) is 2.25. The summed E-state index contributed by atoms with van der Waals surface area (Å²) in [7, 11) is 0. The van der Waals surface area contributed by atoms with Crippen molar-refractivity contribution >= 4 is 23.2 Å². The third-order valence-corrected chi connectivity index (χ3v) is 3.48. The number of amides is 1. The molecule has 1 heterocycles. The highest BCUT2D eigenvalue weighted by Crippen LogP contribution is 2.14. The average Bonchev–Trinajstić information content (AvgIpc) is 2.49. The van der Waals surface area contributed by atoms with Gasteiger partial charge >= 0.3 is 0 Å². The average molecular weight is 303 g/mol. The summed E-state index contributed by atoms with van der Waals surface area (Å²) < 4.78 is 0. The summed E-state index contributed by atoms with van der Waals surface area (Å²) in [6, 6.07) is 11.2. The maximum absolute atomic E-state index is 12.1. The number of hydrogen-bond acceptors (Lipinski definition) is 2. The number of benzene rings is 1. The third kappa shape index (κ3) is 4.87. The number of anilines is 1. The zero-order chi connectivity index (χ0) is 15.1. The lowest BCUT2D eigenvalue weighted by atomic mass is 10.1. The number of hydrogen-bond donors (Lipinski definition) is 1. The standard InChI is InChI=1S/C17H19ClN2O/c1-2-3-4-5-13-6-8-15(9-7-13)20-17(21)14-10-11-19-16(18)12-14/h6-12H,2-5H2,1H3,(H,20,21). The van der Waals surface area contributed by atoms with Gasteiger partial charge in [0.2, 0.25) is 0 Å². The van der Waals surface area contributed by atoms with Gasteiger partial charge in [-0.25, -0.2) is 4.98 Å². The van der Waals surface area contributed by atoms with E-state index in [0.29, 0.717) is 10.7 Å². The summed E-state index contributed by atoms with van der Waals surface area (Å²) in [5, 5.41) is 3.17. The van der Waals surface area contributed by atoms with Gasteiger partial charge in [0.25, 0.3) is 5.91 Å². The quantitative estimate of drug-likeness (QED) is 0.619. The van der Waals surface area contributed by atoms with Gasteiger partial charge < -0.3 is 5.32 Å². The molecule has 1 N–H and O–H groups in total. The van der Waals surface area contributed by atoms with Crippen molar-refractivity contribution in [2.75, 3.05) is 5.32 Å². The Morgan fingerprint density at radius 1 is 1.19 bits per heavy atom. The van der Waals surface area contributed by atoms with Crippen LogP contribution >= 0.6 is 11.6 Å². The lowest BCUT2D eigenvalue weighted by Gasteiger charge is -2.07. The summed E-state index contributed by atoms with van der Waals surface area (Å²) >= 11 is 5.78. The molecule has 0 atom stereocenters. The molecule has 0 saturated carbocycles. The first-order chi connectivity index (χ1) is 10.2. The monoisotopic (exact) mass is 302 g/mol. The van der Waals surface area contributed by atoms with E-state index in [2.05, 4.69) is 29.4 Å². The van der Waals surface area contributed by atoms with Crippen LogP contribution in [-0.2, 0) is 6.42 Å². The second-order valence-corrected chi connectivity index (χ2v) is 5.36. The smallest absolute Gasteiger partial charge is 0.255 e. The Balaban J connectivity index is 1.95. The SMILES string of the molecule is CCCCCc1ccc(NC(=O)c2ccnc(Cl)c2)cc1. The molecule has 0 aliphatic heterocycles. The number of nitrogens with one attached hydrogen (secondary N) is 1. The predicted octanol–water partition coefficient (Wildman–Crippen LogP) is 4.72. The van der Waals surface area contributed by atoms with Crippen LogP contribution in [0.1, 0.15) is 42.1 Å². The fourth-order valence-electron chi connectivity index (χ4n) is 2.08. The van der Waals surface area contributed by atoms with Crippen LogP contribution in [0.2, 0.25) is 5.15 Å². The lowest BCUT2D eigenvalue weighted by Crippen LogP contribution is -2.11. The largest absolute Gasteiger partial charge is 0.322 e. The molecule has 0 aliphatic rings. The van der Waals surface area contributed by atoms with Crippen LogP contribution in [0.25, 0.3) is 0 Å². The number of carbonyl (C=O) groups excluding carboxylic acids is 1. The molecule has 2 rings (SSSR count). The highest BCUT2D eigenvalue weighted by molar-refractivity contribution is 6.29. The minimum Gasteiger partial charge on any atom is -0.322 e. The first-order valence-corrected chi connectivity index (χ1v) is 7.58. The number of carbonyl (C=O) groups is 1. The third-order valence-electron chi connectivity index (χ3n) is 3.27. The highest BCUT2D eigenvalue weighted by atomic mass is 35.5. The molecular formula is C17H19ClN2O. The van der Waals surface area contributed by atoms with Crippen molar-refractivity contribution in [2.45, 2.75) is 32.6 Å². The fraction of sp³-hybridized carbons (Fsp3) is 0.294. The van der Waals surface area contributed by atoms with E-state index in [9.17, 15) is 4.79 Å². The van der Waals surface area contributed by atoms with Gasteiger partial charge in [-0.2, -0.15) is 0 Å². The van der Waals surface area contributed by atoms with Gasteiger partial charge in [-0.15, -0.1) is 0 Å². The van der Waals surface area contributed by atoms with E-state index in [0.717, 1.165) is 12.1 Å². The van der Waals surface area contributed by atoms with Gasteiger partial charge in [0.15, 0.2) is 0 Å². The molecule has 0 spiro atoms. The van der Waals surface area contributed by atoms with Crippen molar-refractivity contribution in [3.05, 3.63) is 58.9 Å². The van der Waals surface area contributed by atoms with Gasteiger partial charge in [0.1, 0.15) is 5.15 Å². The van der Waals surface area contributed by atoms with E-state index in [4.69, 9.17) is 11.6 Å². The summed E-state index contributed by atoms with van der Waals surface area (Å²) in [6.45, 7) is 2.20. The first-order valence-electron chi connectivity index (χ1n) is 7.21. The van der Waals surface area contributed by atoms with E-state index in [-0.39, 0.29) is 5.91 Å². The molecule has 0 saturated heterocycles. The molecule has 21 heavy (non-hydrogen) atoms. The van der Waals surface area contributed by atoms with Crippen LogP contribution in [0, 0.1) is 0 Å². The second-order valence-electron chi connectivity index (χ2n) is 4.98. The van der Waals surface area contributed by atoms with Crippen molar-refractivity contribution in [1.82, 2.24) is 4.98 Å². The highest BCUT2D eigenvalue weighted by Gasteiger charge is 2.06. The van der Waals surface area contributed by atoms with Gasteiger partial charge in [-0.3, -0.25) is 4.79 Å². The molecule has 0 bridgehead atoms. The second kappa shape index (κ2) is 7.79. The summed E-state index contributed by atoms with van der Waals surface area (Å²) in [4.78, 5) is 15.9. The minimum absolute atomic E-state index is 0.182. The van der Waals surface area contributed by atoms with Gasteiger partial charge in [-0.05, 0) is 42.7 Å². The van der Waals surface area contributed by atoms with Crippen molar-refractivity contribution < 1.29 is 4.79 Å². The summed E-state index contributed by atoms with van der Waals surface area (Å²) in [6.07, 6.45) is 6.29. The number of nitrogens with zero attached hydrogens (tertiary/aromatic N) is 1. The molecule has 4 heteroatoms. The van der Waals surface area contributed by atoms with Crippen molar-refractivity contribution in [3.63, 3.8) is 0 Å². The number of pyridine rings is 1. The Morgan fingerprint density at radius 2 is 1.95 bits per heavy atom. The summed E-state index contributed by atoms with van der Waals surface area (Å²) in [5.41, 5.74) is 2.59. The Labute approximate surface area is 130 Å². The van der Waals surface area contributed by atoms with Crippen molar-refractivity contribution in [3.8, 4) is 0 Å². The molecule has 0 fully saturated rings. The van der Waals surface area contributed by atoms with Crippen molar-refractivity contribution in [2.24, 2.45) is 0 Å². The molecule has 3 nitrogen and oxygen atoms in total. The molecule has 1 aromatic carbocycles. The minimum atomic E-state index is -0.182. The number of rotatable bonds is 6. The van der Waals surface area contributed by atoms with Crippen LogP contribution in [0.3, 0.4) is 0 Å². The van der Waals surface area contributed by atoms with Crippen LogP contribution in [-0.4, -0.2) is 10.9 Å². The molecule has 2 aromatic rings. The van der Waals surface area contributed by atoms with E-state index in [1.165, 1.54) is 31.0 Å².